The molecule has 1 fully saturated rings. The summed E-state index contributed by atoms with van der Waals surface area (Å²) in [7, 11) is 0. The van der Waals surface area contributed by atoms with Gasteiger partial charge in [0.15, 0.2) is 0 Å². The minimum absolute atomic E-state index is 0.0189. The van der Waals surface area contributed by atoms with Gasteiger partial charge in [-0.3, -0.25) is 0 Å². The van der Waals surface area contributed by atoms with Crippen LogP contribution in [0.4, 0.5) is 8.78 Å². The molecular weight excluding hydrogens is 192 g/mol. The molecule has 0 bridgehead atoms. The Balaban J connectivity index is 2.31. The maximum Gasteiger partial charge on any atom is 0.259 e. The van der Waals surface area contributed by atoms with Gasteiger partial charge in [-0.25, -0.2) is 8.78 Å². The van der Waals surface area contributed by atoms with Crippen LogP contribution in [0.2, 0.25) is 0 Å². The Morgan fingerprint density at radius 1 is 1.50 bits per heavy atom. The van der Waals surface area contributed by atoms with Gasteiger partial charge in [-0.1, -0.05) is 0 Å². The summed E-state index contributed by atoms with van der Waals surface area (Å²) in [5.74, 6) is -2.59. The molecule has 78 valence electrons. The van der Waals surface area contributed by atoms with E-state index in [-0.39, 0.29) is 18.3 Å². The molecule has 1 heterocycles. The molecule has 1 aromatic rings. The molecule has 0 aliphatic heterocycles. The highest BCUT2D eigenvalue weighted by molar-refractivity contribution is 5.20. The number of aromatic nitrogens is 2. The van der Waals surface area contributed by atoms with E-state index in [1.165, 1.54) is 0 Å². The van der Waals surface area contributed by atoms with Crippen molar-refractivity contribution in [2.75, 3.05) is 0 Å². The fourth-order valence-corrected chi connectivity index (χ4v) is 1.50. The van der Waals surface area contributed by atoms with Gasteiger partial charge < -0.3 is 10.2 Å². The molecule has 0 aromatic carbocycles. The second-order valence-electron chi connectivity index (χ2n) is 3.68. The third-order valence-corrected chi connectivity index (χ3v) is 2.64. The third-order valence-electron chi connectivity index (χ3n) is 2.64. The molecule has 1 aliphatic carbocycles. The van der Waals surface area contributed by atoms with E-state index in [0.717, 1.165) is 6.92 Å². The van der Waals surface area contributed by atoms with E-state index in [9.17, 15) is 8.78 Å². The standard InChI is InChI=1S/C8H11F2N3O/c1-7(9,10)8(2-3-8)6-13-12-5(4-11)14-6/h2-4,11H2,1H3. The molecule has 0 spiro atoms. The van der Waals surface area contributed by atoms with Gasteiger partial charge in [-0.05, 0) is 12.8 Å². The lowest BCUT2D eigenvalue weighted by Gasteiger charge is -2.18. The molecular formula is C8H11F2N3O. The minimum Gasteiger partial charge on any atom is -0.423 e. The highest BCUT2D eigenvalue weighted by Gasteiger charge is 2.64. The van der Waals surface area contributed by atoms with Crippen molar-refractivity contribution >= 4 is 0 Å². The molecule has 1 aromatic heterocycles. The maximum atomic E-state index is 13.2. The Kier molecular flexibility index (Phi) is 1.85. The van der Waals surface area contributed by atoms with Crippen molar-refractivity contribution in [3.8, 4) is 0 Å². The van der Waals surface area contributed by atoms with Crippen molar-refractivity contribution in [1.82, 2.24) is 10.2 Å². The summed E-state index contributed by atoms with van der Waals surface area (Å²) in [5, 5.41) is 7.19. The molecule has 1 aliphatic rings. The highest BCUT2D eigenvalue weighted by atomic mass is 19.3. The van der Waals surface area contributed by atoms with Gasteiger partial charge in [0, 0.05) is 6.92 Å². The van der Waals surface area contributed by atoms with E-state index in [1.54, 1.807) is 0 Å². The first kappa shape index (κ1) is 9.51. The molecule has 14 heavy (non-hydrogen) atoms. The van der Waals surface area contributed by atoms with E-state index in [2.05, 4.69) is 10.2 Å². The number of nitrogens with two attached hydrogens (primary N) is 1. The second-order valence-corrected chi connectivity index (χ2v) is 3.68. The Labute approximate surface area is 79.5 Å². The van der Waals surface area contributed by atoms with Gasteiger partial charge in [0.2, 0.25) is 11.8 Å². The van der Waals surface area contributed by atoms with E-state index in [4.69, 9.17) is 10.2 Å². The Morgan fingerprint density at radius 3 is 2.50 bits per heavy atom. The molecule has 0 saturated heterocycles. The fraction of sp³-hybridized carbons (Fsp3) is 0.750. The van der Waals surface area contributed by atoms with Crippen LogP contribution in [0.1, 0.15) is 31.5 Å². The predicted octanol–water partition coefficient (Wildman–Crippen LogP) is 1.22. The number of nitrogens with zero attached hydrogens (tertiary/aromatic N) is 2. The van der Waals surface area contributed by atoms with E-state index in [1.807, 2.05) is 0 Å². The average Bonchev–Trinajstić information content (AvgIpc) is 2.79. The summed E-state index contributed by atoms with van der Waals surface area (Å²) in [5.41, 5.74) is 4.02. The van der Waals surface area contributed by atoms with Crippen LogP contribution >= 0.6 is 0 Å². The molecule has 2 rings (SSSR count). The largest absolute Gasteiger partial charge is 0.423 e. The minimum atomic E-state index is -2.81. The molecule has 0 unspecified atom stereocenters. The monoisotopic (exact) mass is 203 g/mol. The van der Waals surface area contributed by atoms with Crippen molar-refractivity contribution in [3.05, 3.63) is 11.8 Å². The van der Waals surface area contributed by atoms with Crippen LogP contribution in [-0.2, 0) is 12.0 Å². The number of alkyl halides is 2. The smallest absolute Gasteiger partial charge is 0.259 e. The molecule has 0 atom stereocenters. The topological polar surface area (TPSA) is 64.9 Å². The number of hydrogen-bond acceptors (Lipinski definition) is 4. The summed E-state index contributed by atoms with van der Waals surface area (Å²) in [4.78, 5) is 0. The van der Waals surface area contributed by atoms with Crippen LogP contribution < -0.4 is 5.73 Å². The van der Waals surface area contributed by atoms with Crippen molar-refractivity contribution in [2.45, 2.75) is 37.6 Å². The molecule has 4 nitrogen and oxygen atoms in total. The maximum absolute atomic E-state index is 13.2. The summed E-state index contributed by atoms with van der Waals surface area (Å²) in [6.45, 7) is 0.963. The molecule has 0 radical (unpaired) electrons. The average molecular weight is 203 g/mol. The van der Waals surface area contributed by atoms with Crippen LogP contribution in [0, 0.1) is 0 Å². The van der Waals surface area contributed by atoms with E-state index >= 15 is 0 Å². The van der Waals surface area contributed by atoms with Crippen LogP contribution in [0.15, 0.2) is 4.42 Å². The van der Waals surface area contributed by atoms with Crippen molar-refractivity contribution in [2.24, 2.45) is 5.73 Å². The Bertz CT molecular complexity index is 341. The van der Waals surface area contributed by atoms with Crippen molar-refractivity contribution < 1.29 is 13.2 Å². The lowest BCUT2D eigenvalue weighted by Crippen LogP contribution is -2.30. The van der Waals surface area contributed by atoms with E-state index < -0.39 is 11.3 Å². The van der Waals surface area contributed by atoms with E-state index in [0.29, 0.717) is 12.8 Å². The molecule has 6 heteroatoms. The fourth-order valence-electron chi connectivity index (χ4n) is 1.50. The highest BCUT2D eigenvalue weighted by Crippen LogP contribution is 2.57. The first-order chi connectivity index (χ1) is 6.49. The Morgan fingerprint density at radius 2 is 2.14 bits per heavy atom. The quantitative estimate of drug-likeness (QED) is 0.802. The van der Waals surface area contributed by atoms with Gasteiger partial charge >= 0.3 is 0 Å². The first-order valence-corrected chi connectivity index (χ1v) is 4.40. The van der Waals surface area contributed by atoms with Crippen molar-refractivity contribution in [3.63, 3.8) is 0 Å². The van der Waals surface area contributed by atoms with Crippen LogP contribution in [0.25, 0.3) is 0 Å². The third kappa shape index (κ3) is 1.21. The van der Waals surface area contributed by atoms with Crippen LogP contribution in [-0.4, -0.2) is 16.1 Å². The molecule has 2 N–H and O–H groups in total. The molecule has 1 saturated carbocycles. The number of rotatable bonds is 3. The summed E-state index contributed by atoms with van der Waals surface area (Å²) < 4.78 is 31.5. The zero-order valence-corrected chi connectivity index (χ0v) is 7.76. The lowest BCUT2D eigenvalue weighted by atomic mass is 10.00. The van der Waals surface area contributed by atoms with Gasteiger partial charge in [0.25, 0.3) is 5.92 Å². The second kappa shape index (κ2) is 2.73. The van der Waals surface area contributed by atoms with Gasteiger partial charge in [0.05, 0.1) is 6.54 Å². The van der Waals surface area contributed by atoms with Crippen molar-refractivity contribution in [1.29, 1.82) is 0 Å². The zero-order valence-electron chi connectivity index (χ0n) is 7.76. The van der Waals surface area contributed by atoms with Gasteiger partial charge in [0.1, 0.15) is 5.41 Å². The number of halogens is 2. The lowest BCUT2D eigenvalue weighted by molar-refractivity contribution is -0.0290. The van der Waals surface area contributed by atoms with Gasteiger partial charge in [-0.15, -0.1) is 10.2 Å². The summed E-state index contributed by atoms with van der Waals surface area (Å²) in [6, 6.07) is 0. The van der Waals surface area contributed by atoms with Gasteiger partial charge in [-0.2, -0.15) is 0 Å². The van der Waals surface area contributed by atoms with Crippen LogP contribution in [0.5, 0.6) is 0 Å². The predicted molar refractivity (Wildman–Crippen MR) is 43.7 cm³/mol. The zero-order chi connectivity index (χ0) is 10.4. The molecule has 0 amide bonds. The number of hydrogen-bond donors (Lipinski definition) is 1. The normalized spacial score (nSPS) is 19.7. The SMILES string of the molecule is CC(F)(F)C1(c2nnc(CN)o2)CC1. The Hall–Kier alpha value is -1.04. The first-order valence-electron chi connectivity index (χ1n) is 4.40. The summed E-state index contributed by atoms with van der Waals surface area (Å²) >= 11 is 0. The van der Waals surface area contributed by atoms with Crippen LogP contribution in [0.3, 0.4) is 0 Å². The summed E-state index contributed by atoms with van der Waals surface area (Å²) in [6.07, 6.45) is 0.783.